The summed E-state index contributed by atoms with van der Waals surface area (Å²) >= 11 is 6.19. The Morgan fingerprint density at radius 2 is 2.05 bits per heavy atom. The smallest absolute Gasteiger partial charge is 0.272 e. The quantitative estimate of drug-likeness (QED) is 0.413. The van der Waals surface area contributed by atoms with E-state index in [2.05, 4.69) is 20.5 Å². The van der Waals surface area contributed by atoms with Crippen molar-refractivity contribution in [2.24, 2.45) is 0 Å². The monoisotopic (exact) mass is 580 g/mol. The molecule has 9 nitrogen and oxygen atoms in total. The molecule has 2 saturated heterocycles. The van der Waals surface area contributed by atoms with E-state index in [1.165, 1.54) is 12.1 Å². The van der Waals surface area contributed by atoms with Crippen LogP contribution in [0.2, 0.25) is 5.02 Å². The van der Waals surface area contributed by atoms with Gasteiger partial charge in [-0.3, -0.25) is 9.59 Å². The highest BCUT2D eigenvalue weighted by atomic mass is 35.5. The summed E-state index contributed by atoms with van der Waals surface area (Å²) in [7, 11) is 0. The fourth-order valence-electron chi connectivity index (χ4n) is 5.41. The molecule has 0 bridgehead atoms. The van der Waals surface area contributed by atoms with E-state index in [0.29, 0.717) is 61.3 Å². The first-order valence-corrected chi connectivity index (χ1v) is 14.4. The van der Waals surface area contributed by atoms with Crippen LogP contribution in [0.1, 0.15) is 47.5 Å². The van der Waals surface area contributed by atoms with Gasteiger partial charge >= 0.3 is 0 Å². The maximum atomic E-state index is 13.7. The van der Waals surface area contributed by atoms with E-state index in [9.17, 15) is 14.0 Å². The van der Waals surface area contributed by atoms with Crippen molar-refractivity contribution in [2.75, 3.05) is 44.2 Å². The molecule has 41 heavy (non-hydrogen) atoms. The van der Waals surface area contributed by atoms with Gasteiger partial charge in [0.1, 0.15) is 5.82 Å². The highest BCUT2D eigenvalue weighted by Crippen LogP contribution is 2.32. The van der Waals surface area contributed by atoms with Gasteiger partial charge in [0.2, 0.25) is 5.88 Å². The van der Waals surface area contributed by atoms with E-state index in [0.717, 1.165) is 25.5 Å². The van der Waals surface area contributed by atoms with Gasteiger partial charge in [0, 0.05) is 44.5 Å². The number of hydrogen-bond acceptors (Lipinski definition) is 7. The summed E-state index contributed by atoms with van der Waals surface area (Å²) in [4.78, 5) is 40.1. The van der Waals surface area contributed by atoms with E-state index in [1.807, 2.05) is 38.1 Å². The molecule has 1 aromatic carbocycles. The summed E-state index contributed by atoms with van der Waals surface area (Å²) < 4.78 is 19.3. The lowest BCUT2D eigenvalue weighted by Gasteiger charge is -2.43. The van der Waals surface area contributed by atoms with E-state index in [-0.39, 0.29) is 34.5 Å². The van der Waals surface area contributed by atoms with Crippen molar-refractivity contribution in [3.8, 4) is 17.1 Å². The van der Waals surface area contributed by atoms with Crippen molar-refractivity contribution in [3.05, 3.63) is 70.8 Å². The first-order valence-electron chi connectivity index (χ1n) is 14.0. The maximum absolute atomic E-state index is 13.7. The molecular formula is C30H34ClFN6O3. The number of carbonyl (C=O) groups excluding carboxylic acids is 2. The Morgan fingerprint density at radius 3 is 2.78 bits per heavy atom. The van der Waals surface area contributed by atoms with E-state index >= 15 is 0 Å². The maximum Gasteiger partial charge on any atom is 0.272 e. The van der Waals surface area contributed by atoms with Crippen LogP contribution in [0.25, 0.3) is 11.3 Å². The number of aromatic nitrogens is 2. The number of ether oxygens (including phenoxy) is 1. The molecule has 2 aromatic heterocycles. The number of nitrogens with zero attached hydrogens (tertiary/aromatic N) is 4. The Morgan fingerprint density at radius 1 is 1.20 bits per heavy atom. The molecule has 11 heteroatoms. The number of benzene rings is 1. The zero-order valence-electron chi connectivity index (χ0n) is 23.2. The average Bonchev–Trinajstić information content (AvgIpc) is 3.50. The summed E-state index contributed by atoms with van der Waals surface area (Å²) in [5.74, 6) is -0.519. The first-order chi connectivity index (χ1) is 19.9. The predicted molar refractivity (Wildman–Crippen MR) is 156 cm³/mol. The molecule has 0 spiro atoms. The summed E-state index contributed by atoms with van der Waals surface area (Å²) in [6.45, 7) is 7.29. The van der Waals surface area contributed by atoms with Crippen LogP contribution >= 0.6 is 11.6 Å². The van der Waals surface area contributed by atoms with Crippen molar-refractivity contribution in [1.29, 1.82) is 0 Å². The fourth-order valence-corrected chi connectivity index (χ4v) is 5.66. The second kappa shape index (κ2) is 12.8. The van der Waals surface area contributed by atoms with Crippen LogP contribution in [0.5, 0.6) is 5.88 Å². The van der Waals surface area contributed by atoms with Crippen LogP contribution in [0.4, 0.5) is 10.1 Å². The highest BCUT2D eigenvalue weighted by molar-refractivity contribution is 6.33. The molecular weight excluding hydrogens is 547 g/mol. The zero-order chi connectivity index (χ0) is 28.9. The molecule has 2 aliphatic rings. The number of carbonyl (C=O) groups is 2. The minimum absolute atomic E-state index is 0.0232. The molecule has 5 rings (SSSR count). The van der Waals surface area contributed by atoms with Crippen LogP contribution < -0.4 is 20.3 Å². The first kappa shape index (κ1) is 28.8. The normalized spacial score (nSPS) is 18.8. The number of anilines is 1. The molecule has 2 atom stereocenters. The van der Waals surface area contributed by atoms with E-state index in [1.54, 1.807) is 11.1 Å². The second-order valence-corrected chi connectivity index (χ2v) is 10.6. The molecule has 2 fully saturated rings. The number of rotatable bonds is 8. The third kappa shape index (κ3) is 6.28. The van der Waals surface area contributed by atoms with Gasteiger partial charge in [-0.2, -0.15) is 0 Å². The number of nitrogens with one attached hydrogen (secondary N) is 2. The summed E-state index contributed by atoms with van der Waals surface area (Å²) in [5, 5.41) is 6.51. The minimum Gasteiger partial charge on any atom is -0.477 e. The predicted octanol–water partition coefficient (Wildman–Crippen LogP) is 4.17. The van der Waals surface area contributed by atoms with Gasteiger partial charge in [0.05, 0.1) is 34.1 Å². The third-order valence-electron chi connectivity index (χ3n) is 7.52. The lowest BCUT2D eigenvalue weighted by molar-refractivity contribution is 0.0720. The van der Waals surface area contributed by atoms with Crippen LogP contribution in [0.3, 0.4) is 0 Å². The lowest BCUT2D eigenvalue weighted by atomic mass is 10.0. The molecule has 4 heterocycles. The second-order valence-electron chi connectivity index (χ2n) is 10.1. The van der Waals surface area contributed by atoms with Crippen molar-refractivity contribution in [2.45, 2.75) is 38.8 Å². The molecule has 0 radical (unpaired) electrons. The molecule has 2 aliphatic heterocycles. The number of amides is 2. The van der Waals surface area contributed by atoms with E-state index in [4.69, 9.17) is 21.3 Å². The SMILES string of the molecule is CCOc1ncccc1-c1ccc(N2CCN(C(=O)c3ccc(F)cc3Cl)C[C@H]2CC)c(C(=O)N[C@@H]2CCNC2)n1. The lowest BCUT2D eigenvalue weighted by Crippen LogP contribution is -2.55. The van der Waals surface area contributed by atoms with Gasteiger partial charge in [0.25, 0.3) is 11.8 Å². The highest BCUT2D eigenvalue weighted by Gasteiger charge is 2.33. The number of hydrogen-bond donors (Lipinski definition) is 2. The Bertz CT molecular complexity index is 1420. The summed E-state index contributed by atoms with van der Waals surface area (Å²) in [5.41, 5.74) is 2.59. The van der Waals surface area contributed by atoms with Gasteiger partial charge in [0.15, 0.2) is 5.69 Å². The molecule has 2 N–H and O–H groups in total. The van der Waals surface area contributed by atoms with Crippen molar-refractivity contribution in [1.82, 2.24) is 25.5 Å². The minimum atomic E-state index is -0.488. The van der Waals surface area contributed by atoms with Crippen molar-refractivity contribution < 1.29 is 18.7 Å². The van der Waals surface area contributed by atoms with Crippen LogP contribution in [-0.4, -0.2) is 78.1 Å². The van der Waals surface area contributed by atoms with Crippen LogP contribution in [-0.2, 0) is 0 Å². The van der Waals surface area contributed by atoms with Crippen LogP contribution in [0.15, 0.2) is 48.7 Å². The fraction of sp³-hybridized carbons (Fsp3) is 0.400. The summed E-state index contributed by atoms with van der Waals surface area (Å²) in [6.07, 6.45) is 3.24. The molecule has 216 valence electrons. The molecule has 2 amide bonds. The van der Waals surface area contributed by atoms with Crippen molar-refractivity contribution >= 4 is 29.1 Å². The molecule has 0 aliphatic carbocycles. The van der Waals surface area contributed by atoms with Gasteiger partial charge < -0.3 is 25.2 Å². The van der Waals surface area contributed by atoms with Gasteiger partial charge in [-0.15, -0.1) is 0 Å². The summed E-state index contributed by atoms with van der Waals surface area (Å²) in [6, 6.07) is 11.3. The molecule has 0 unspecified atom stereocenters. The Labute approximate surface area is 244 Å². The Kier molecular flexibility index (Phi) is 8.99. The largest absolute Gasteiger partial charge is 0.477 e. The Balaban J connectivity index is 1.46. The number of pyridine rings is 2. The topological polar surface area (TPSA) is 99.7 Å². The third-order valence-corrected chi connectivity index (χ3v) is 7.84. The van der Waals surface area contributed by atoms with Gasteiger partial charge in [-0.25, -0.2) is 14.4 Å². The molecule has 0 saturated carbocycles. The van der Waals surface area contributed by atoms with Crippen molar-refractivity contribution in [3.63, 3.8) is 0 Å². The number of piperazine rings is 1. The average molecular weight is 581 g/mol. The van der Waals surface area contributed by atoms with Crippen LogP contribution in [0, 0.1) is 5.82 Å². The number of halogens is 2. The standard InChI is InChI=1S/C30H34ClFN6O3/c1-3-21-18-37(30(40)22-8-7-19(32)16-24(22)31)14-15-38(21)26-10-9-25(23-6-5-12-34-29(23)41-4-2)36-27(26)28(39)35-20-11-13-33-17-20/h5-10,12,16,20-21,33H,3-4,11,13-15,17-18H2,1-2H3,(H,35,39)/t20-,21-/m1/s1. The Hall–Kier alpha value is -3.76. The zero-order valence-corrected chi connectivity index (χ0v) is 24.0. The van der Waals surface area contributed by atoms with Gasteiger partial charge in [-0.05, 0) is 68.8 Å². The van der Waals surface area contributed by atoms with E-state index < -0.39 is 5.82 Å². The molecule has 3 aromatic rings. The van der Waals surface area contributed by atoms with Gasteiger partial charge in [-0.1, -0.05) is 18.5 Å².